The van der Waals surface area contributed by atoms with Gasteiger partial charge in [0.2, 0.25) is 0 Å². The van der Waals surface area contributed by atoms with E-state index in [-0.39, 0.29) is 5.70 Å². The van der Waals surface area contributed by atoms with Crippen molar-refractivity contribution in [1.82, 2.24) is 0 Å². The summed E-state index contributed by atoms with van der Waals surface area (Å²) >= 11 is 0. The fourth-order valence-electron chi connectivity index (χ4n) is 0.189. The first kappa shape index (κ1) is 6.52. The lowest BCUT2D eigenvalue weighted by atomic mass is 10.6. The zero-order valence-corrected chi connectivity index (χ0v) is 4.38. The van der Waals surface area contributed by atoms with Crippen molar-refractivity contribution in [3.05, 3.63) is 23.4 Å². The SMILES string of the molecule is [C-]#[N+]/C(C#N)=C/OC. The van der Waals surface area contributed by atoms with Crippen LogP contribution in [0.2, 0.25) is 0 Å². The highest BCUT2D eigenvalue weighted by atomic mass is 16.5. The molecule has 0 bridgehead atoms. The molecular formula is C5H4N2O. The Morgan fingerprint density at radius 2 is 2.62 bits per heavy atom. The molecular weight excluding hydrogens is 104 g/mol. The topological polar surface area (TPSA) is 37.4 Å². The molecule has 0 aromatic rings. The predicted octanol–water partition coefficient (Wildman–Crippen LogP) is 0.917. The maximum atomic E-state index is 8.05. The Hall–Kier alpha value is -1.48. The standard InChI is InChI=1S/C5H4N2O/c1-7-5(3-6)4-8-2/h4H,2H3/b5-4+. The number of allylic oxidation sites excluding steroid dienone is 1. The van der Waals surface area contributed by atoms with Crippen molar-refractivity contribution in [2.45, 2.75) is 0 Å². The number of rotatable bonds is 1. The van der Waals surface area contributed by atoms with E-state index in [1.165, 1.54) is 7.11 Å². The van der Waals surface area contributed by atoms with Gasteiger partial charge in [-0.2, -0.15) is 0 Å². The minimum atomic E-state index is -0.0347. The monoisotopic (exact) mass is 108 g/mol. The summed E-state index contributed by atoms with van der Waals surface area (Å²) in [6, 6.07) is 1.63. The van der Waals surface area contributed by atoms with Crippen molar-refractivity contribution < 1.29 is 4.74 Å². The lowest BCUT2D eigenvalue weighted by molar-refractivity contribution is 0.336. The van der Waals surface area contributed by atoms with Gasteiger partial charge in [-0.05, 0) is 0 Å². The Morgan fingerprint density at radius 3 is 2.75 bits per heavy atom. The maximum Gasteiger partial charge on any atom is 0.295 e. The molecule has 0 spiro atoms. The number of ether oxygens (including phenoxy) is 1. The summed E-state index contributed by atoms with van der Waals surface area (Å²) < 4.78 is 4.39. The fraction of sp³-hybridized carbons (Fsp3) is 0.200. The highest BCUT2D eigenvalue weighted by Crippen LogP contribution is 1.90. The lowest BCUT2D eigenvalue weighted by Gasteiger charge is -1.81. The van der Waals surface area contributed by atoms with Crippen LogP contribution >= 0.6 is 0 Å². The van der Waals surface area contributed by atoms with E-state index in [1.54, 1.807) is 6.07 Å². The average molecular weight is 108 g/mol. The number of hydrogen-bond donors (Lipinski definition) is 0. The van der Waals surface area contributed by atoms with Gasteiger partial charge in [0.1, 0.15) is 6.26 Å². The van der Waals surface area contributed by atoms with Crippen LogP contribution in [0.1, 0.15) is 0 Å². The first-order chi connectivity index (χ1) is 3.85. The van der Waals surface area contributed by atoms with E-state index in [9.17, 15) is 0 Å². The molecule has 40 valence electrons. The van der Waals surface area contributed by atoms with E-state index in [0.717, 1.165) is 6.26 Å². The third-order valence-corrected chi connectivity index (χ3v) is 0.464. The Morgan fingerprint density at radius 1 is 2.00 bits per heavy atom. The molecule has 0 atom stereocenters. The van der Waals surface area contributed by atoms with Crippen molar-refractivity contribution in [3.8, 4) is 6.07 Å². The molecule has 0 aliphatic rings. The van der Waals surface area contributed by atoms with Gasteiger partial charge in [0.05, 0.1) is 19.8 Å². The fourth-order valence-corrected chi connectivity index (χ4v) is 0.189. The molecule has 8 heavy (non-hydrogen) atoms. The molecule has 0 fully saturated rings. The van der Waals surface area contributed by atoms with Crippen LogP contribution in [0.5, 0.6) is 0 Å². The third kappa shape index (κ3) is 1.84. The Labute approximate surface area is 47.6 Å². The van der Waals surface area contributed by atoms with Crippen LogP contribution in [0.15, 0.2) is 12.0 Å². The van der Waals surface area contributed by atoms with Crippen LogP contribution < -0.4 is 0 Å². The molecule has 0 aromatic carbocycles. The second-order valence-corrected chi connectivity index (χ2v) is 0.962. The van der Waals surface area contributed by atoms with E-state index >= 15 is 0 Å². The normalized spacial score (nSPS) is 9.12. The molecule has 0 aliphatic carbocycles. The maximum absolute atomic E-state index is 8.05. The Balaban J connectivity index is 3.99. The molecule has 3 nitrogen and oxygen atoms in total. The van der Waals surface area contributed by atoms with E-state index in [4.69, 9.17) is 11.8 Å². The minimum absolute atomic E-state index is 0.0347. The first-order valence-electron chi connectivity index (χ1n) is 1.85. The highest BCUT2D eigenvalue weighted by molar-refractivity contribution is 5.24. The second kappa shape index (κ2) is 3.70. The smallest absolute Gasteiger partial charge is 0.295 e. The third-order valence-electron chi connectivity index (χ3n) is 0.464. The molecule has 3 heteroatoms. The van der Waals surface area contributed by atoms with Crippen LogP contribution in [-0.2, 0) is 4.74 Å². The van der Waals surface area contributed by atoms with Gasteiger partial charge < -0.3 is 4.74 Å². The summed E-state index contributed by atoms with van der Waals surface area (Å²) in [5.74, 6) is 0. The van der Waals surface area contributed by atoms with Crippen molar-refractivity contribution in [1.29, 1.82) is 5.26 Å². The van der Waals surface area contributed by atoms with Gasteiger partial charge in [0.25, 0.3) is 5.70 Å². The quantitative estimate of drug-likeness (QED) is 0.284. The molecule has 0 rings (SSSR count). The molecule has 0 amide bonds. The van der Waals surface area contributed by atoms with Gasteiger partial charge in [0, 0.05) is 0 Å². The van der Waals surface area contributed by atoms with Gasteiger partial charge >= 0.3 is 0 Å². The molecule has 0 aliphatic heterocycles. The summed E-state index contributed by atoms with van der Waals surface area (Å²) in [4.78, 5) is 2.82. The van der Waals surface area contributed by atoms with E-state index in [2.05, 4.69) is 9.58 Å². The minimum Gasteiger partial charge on any atom is -0.515 e. The van der Waals surface area contributed by atoms with Gasteiger partial charge in [-0.3, -0.25) is 0 Å². The summed E-state index contributed by atoms with van der Waals surface area (Å²) in [5.41, 5.74) is -0.0347. The summed E-state index contributed by atoms with van der Waals surface area (Å²) in [5, 5.41) is 8.05. The molecule has 0 saturated heterocycles. The van der Waals surface area contributed by atoms with Gasteiger partial charge in [-0.15, -0.1) is 0 Å². The molecule has 0 aromatic heterocycles. The number of nitrogens with zero attached hydrogens (tertiary/aromatic N) is 2. The first-order valence-corrected chi connectivity index (χ1v) is 1.85. The van der Waals surface area contributed by atoms with Crippen LogP contribution in [-0.4, -0.2) is 7.11 Å². The number of nitriles is 1. The molecule has 0 saturated carbocycles. The second-order valence-electron chi connectivity index (χ2n) is 0.962. The Bertz CT molecular complexity index is 154. The Kier molecular flexibility index (Phi) is 3.02. The van der Waals surface area contributed by atoms with Crippen LogP contribution in [0.25, 0.3) is 4.85 Å². The summed E-state index contributed by atoms with van der Waals surface area (Å²) in [6.07, 6.45) is 1.10. The largest absolute Gasteiger partial charge is 0.515 e. The van der Waals surface area contributed by atoms with Crippen molar-refractivity contribution in [3.63, 3.8) is 0 Å². The summed E-state index contributed by atoms with van der Waals surface area (Å²) in [7, 11) is 1.39. The molecule has 0 radical (unpaired) electrons. The van der Waals surface area contributed by atoms with Crippen molar-refractivity contribution >= 4 is 0 Å². The van der Waals surface area contributed by atoms with E-state index < -0.39 is 0 Å². The van der Waals surface area contributed by atoms with Gasteiger partial charge in [-0.25, -0.2) is 10.1 Å². The van der Waals surface area contributed by atoms with Crippen molar-refractivity contribution in [2.24, 2.45) is 0 Å². The number of methoxy groups -OCH3 is 1. The zero-order valence-electron chi connectivity index (χ0n) is 4.38. The van der Waals surface area contributed by atoms with E-state index in [1.807, 2.05) is 0 Å². The van der Waals surface area contributed by atoms with Gasteiger partial charge in [-0.1, -0.05) is 0 Å². The molecule has 0 N–H and O–H groups in total. The lowest BCUT2D eigenvalue weighted by Crippen LogP contribution is -1.69. The molecule has 0 unspecified atom stereocenters. The predicted molar refractivity (Wildman–Crippen MR) is 27.3 cm³/mol. The highest BCUT2D eigenvalue weighted by Gasteiger charge is 1.86. The van der Waals surface area contributed by atoms with E-state index in [0.29, 0.717) is 0 Å². The van der Waals surface area contributed by atoms with Crippen LogP contribution in [0.4, 0.5) is 0 Å². The van der Waals surface area contributed by atoms with Crippen LogP contribution in [0, 0.1) is 17.9 Å². The van der Waals surface area contributed by atoms with Crippen molar-refractivity contribution in [2.75, 3.05) is 7.11 Å². The average Bonchev–Trinajstić information content (AvgIpc) is 1.83. The zero-order chi connectivity index (χ0) is 6.41. The molecule has 0 heterocycles. The van der Waals surface area contributed by atoms with Gasteiger partial charge in [0.15, 0.2) is 0 Å². The van der Waals surface area contributed by atoms with Crippen LogP contribution in [0.3, 0.4) is 0 Å². The summed E-state index contributed by atoms with van der Waals surface area (Å²) in [6.45, 7) is 6.32. The number of hydrogen-bond acceptors (Lipinski definition) is 2.